The lowest BCUT2D eigenvalue weighted by Crippen LogP contribution is -2.41. The van der Waals surface area contributed by atoms with Gasteiger partial charge in [0.1, 0.15) is 5.70 Å². The Morgan fingerprint density at radius 1 is 0.906 bits per heavy atom. The first-order valence-electron chi connectivity index (χ1n) is 10.7. The molecule has 1 saturated carbocycles. The molecule has 3 rings (SSSR count). The normalized spacial score (nSPS) is 14.4. The Balaban J connectivity index is 1.94. The molecule has 0 aliphatic heterocycles. The summed E-state index contributed by atoms with van der Waals surface area (Å²) in [6, 6.07) is 12.3. The molecule has 0 bridgehead atoms. The number of nitrogens with one attached hydrogen (secondary N) is 2. The van der Waals surface area contributed by atoms with Gasteiger partial charge >= 0.3 is 0 Å². The minimum Gasteiger partial charge on any atom is -0.493 e. The third-order valence-corrected chi connectivity index (χ3v) is 5.47. The molecule has 0 spiro atoms. The van der Waals surface area contributed by atoms with Gasteiger partial charge in [0, 0.05) is 11.6 Å². The van der Waals surface area contributed by atoms with Crippen molar-refractivity contribution in [2.75, 3.05) is 21.3 Å². The van der Waals surface area contributed by atoms with E-state index < -0.39 is 0 Å². The highest BCUT2D eigenvalue weighted by Crippen LogP contribution is 2.38. The maximum Gasteiger partial charge on any atom is 0.268 e. The summed E-state index contributed by atoms with van der Waals surface area (Å²) in [7, 11) is 4.58. The molecule has 2 N–H and O–H groups in total. The molecular weight excluding hydrogens is 408 g/mol. The second kappa shape index (κ2) is 11.2. The van der Waals surface area contributed by atoms with Gasteiger partial charge in [-0.3, -0.25) is 9.59 Å². The van der Waals surface area contributed by atoms with E-state index in [-0.39, 0.29) is 23.6 Å². The van der Waals surface area contributed by atoms with Gasteiger partial charge in [-0.2, -0.15) is 0 Å². The van der Waals surface area contributed by atoms with Crippen molar-refractivity contribution in [2.45, 2.75) is 38.1 Å². The lowest BCUT2D eigenvalue weighted by Gasteiger charge is -2.23. The molecule has 2 aromatic carbocycles. The van der Waals surface area contributed by atoms with Crippen LogP contribution in [0.2, 0.25) is 0 Å². The summed E-state index contributed by atoms with van der Waals surface area (Å²) in [5, 5.41) is 5.84. The minimum atomic E-state index is -0.358. The summed E-state index contributed by atoms with van der Waals surface area (Å²) < 4.78 is 16.2. The molecule has 1 fully saturated rings. The molecule has 1 aliphatic carbocycles. The van der Waals surface area contributed by atoms with E-state index in [0.29, 0.717) is 28.4 Å². The molecule has 170 valence electrons. The van der Waals surface area contributed by atoms with Crippen LogP contribution in [0.5, 0.6) is 17.2 Å². The Morgan fingerprint density at radius 2 is 1.53 bits per heavy atom. The molecule has 32 heavy (non-hydrogen) atoms. The average Bonchev–Trinajstić information content (AvgIpc) is 2.84. The quantitative estimate of drug-likeness (QED) is 0.610. The first-order chi connectivity index (χ1) is 15.5. The molecule has 0 aromatic heterocycles. The first-order valence-corrected chi connectivity index (χ1v) is 10.7. The highest BCUT2D eigenvalue weighted by Gasteiger charge is 2.21. The van der Waals surface area contributed by atoms with Gasteiger partial charge in [-0.25, -0.2) is 0 Å². The summed E-state index contributed by atoms with van der Waals surface area (Å²) in [5.74, 6) is 0.686. The standard InChI is InChI=1S/C25H30N2O5/c1-30-21-15-17(16-22(31-2)23(21)32-3)14-20(25(29)26-19-12-8-5-9-13-19)27-24(28)18-10-6-4-7-11-18/h4,6-7,10-11,14-16,19H,5,8-9,12-13H2,1-3H3,(H,26,29)(H,27,28)/b20-14+. The fourth-order valence-electron chi connectivity index (χ4n) is 3.80. The number of amides is 2. The van der Waals surface area contributed by atoms with Crippen molar-refractivity contribution < 1.29 is 23.8 Å². The second-order valence-electron chi connectivity index (χ2n) is 7.65. The predicted molar refractivity (Wildman–Crippen MR) is 123 cm³/mol. The van der Waals surface area contributed by atoms with Gasteiger partial charge in [-0.15, -0.1) is 0 Å². The molecule has 0 unspecified atom stereocenters. The second-order valence-corrected chi connectivity index (χ2v) is 7.65. The molecule has 0 heterocycles. The van der Waals surface area contributed by atoms with Crippen molar-refractivity contribution in [3.05, 3.63) is 59.3 Å². The Hall–Kier alpha value is -3.48. The van der Waals surface area contributed by atoms with Crippen molar-refractivity contribution >= 4 is 17.9 Å². The number of methoxy groups -OCH3 is 3. The van der Waals surface area contributed by atoms with E-state index in [2.05, 4.69) is 10.6 Å². The maximum atomic E-state index is 13.1. The van der Waals surface area contributed by atoms with E-state index in [1.165, 1.54) is 27.8 Å². The summed E-state index contributed by atoms with van der Waals surface area (Å²) in [6.45, 7) is 0. The van der Waals surface area contributed by atoms with Crippen LogP contribution in [-0.4, -0.2) is 39.2 Å². The molecule has 0 radical (unpaired) electrons. The lowest BCUT2D eigenvalue weighted by atomic mass is 9.95. The third-order valence-electron chi connectivity index (χ3n) is 5.47. The Labute approximate surface area is 188 Å². The van der Waals surface area contributed by atoms with Crippen LogP contribution >= 0.6 is 0 Å². The summed E-state index contributed by atoms with van der Waals surface area (Å²) in [6.07, 6.45) is 6.86. The van der Waals surface area contributed by atoms with E-state index in [9.17, 15) is 9.59 Å². The summed E-state index contributed by atoms with van der Waals surface area (Å²) >= 11 is 0. The van der Waals surface area contributed by atoms with Gasteiger partial charge in [-0.05, 0) is 48.7 Å². The van der Waals surface area contributed by atoms with Crippen LogP contribution in [0.4, 0.5) is 0 Å². The lowest BCUT2D eigenvalue weighted by molar-refractivity contribution is -0.118. The average molecular weight is 439 g/mol. The topological polar surface area (TPSA) is 85.9 Å². The highest BCUT2D eigenvalue weighted by molar-refractivity contribution is 6.05. The fourth-order valence-corrected chi connectivity index (χ4v) is 3.80. The largest absolute Gasteiger partial charge is 0.493 e. The molecule has 0 atom stereocenters. The van der Waals surface area contributed by atoms with Crippen molar-refractivity contribution in [1.29, 1.82) is 0 Å². The summed E-state index contributed by atoms with van der Waals surface area (Å²) in [5.41, 5.74) is 1.24. The van der Waals surface area contributed by atoms with Crippen LogP contribution in [0.15, 0.2) is 48.2 Å². The molecular formula is C25H30N2O5. The van der Waals surface area contributed by atoms with Gasteiger partial charge in [0.2, 0.25) is 5.75 Å². The fraction of sp³-hybridized carbons (Fsp3) is 0.360. The number of carbonyl (C=O) groups excluding carboxylic acids is 2. The minimum absolute atomic E-state index is 0.105. The van der Waals surface area contributed by atoms with Crippen LogP contribution in [-0.2, 0) is 4.79 Å². The maximum absolute atomic E-state index is 13.1. The zero-order valence-corrected chi connectivity index (χ0v) is 18.8. The van der Waals surface area contributed by atoms with Crippen LogP contribution in [0.25, 0.3) is 6.08 Å². The van der Waals surface area contributed by atoms with Crippen LogP contribution in [0, 0.1) is 0 Å². The SMILES string of the molecule is COc1cc(/C=C(/NC(=O)c2ccccc2)C(=O)NC2CCCCC2)cc(OC)c1OC. The summed E-state index contributed by atoms with van der Waals surface area (Å²) in [4.78, 5) is 25.9. The van der Waals surface area contributed by atoms with Gasteiger partial charge in [-0.1, -0.05) is 37.5 Å². The zero-order valence-electron chi connectivity index (χ0n) is 18.8. The van der Waals surface area contributed by atoms with Gasteiger partial charge in [0.15, 0.2) is 11.5 Å². The smallest absolute Gasteiger partial charge is 0.268 e. The molecule has 0 saturated heterocycles. The van der Waals surface area contributed by atoms with E-state index >= 15 is 0 Å². The molecule has 7 nitrogen and oxygen atoms in total. The van der Waals surface area contributed by atoms with Crippen LogP contribution in [0.3, 0.4) is 0 Å². The third kappa shape index (κ3) is 5.81. The monoisotopic (exact) mass is 438 g/mol. The number of hydrogen-bond donors (Lipinski definition) is 2. The van der Waals surface area contributed by atoms with Crippen molar-refractivity contribution in [1.82, 2.24) is 10.6 Å². The van der Waals surface area contributed by atoms with E-state index in [1.807, 2.05) is 6.07 Å². The molecule has 7 heteroatoms. The first kappa shape index (κ1) is 23.2. The van der Waals surface area contributed by atoms with E-state index in [0.717, 1.165) is 25.7 Å². The molecule has 2 amide bonds. The Bertz CT molecular complexity index is 941. The van der Waals surface area contributed by atoms with Crippen molar-refractivity contribution in [2.24, 2.45) is 0 Å². The number of carbonyl (C=O) groups is 2. The molecule has 2 aromatic rings. The highest BCUT2D eigenvalue weighted by atomic mass is 16.5. The van der Waals surface area contributed by atoms with Gasteiger partial charge in [0.25, 0.3) is 11.8 Å². The van der Waals surface area contributed by atoms with Crippen molar-refractivity contribution in [3.8, 4) is 17.2 Å². The van der Waals surface area contributed by atoms with Gasteiger partial charge < -0.3 is 24.8 Å². The van der Waals surface area contributed by atoms with E-state index in [4.69, 9.17) is 14.2 Å². The van der Waals surface area contributed by atoms with Gasteiger partial charge in [0.05, 0.1) is 21.3 Å². The predicted octanol–water partition coefficient (Wildman–Crippen LogP) is 3.93. The number of benzene rings is 2. The zero-order chi connectivity index (χ0) is 22.9. The van der Waals surface area contributed by atoms with Crippen molar-refractivity contribution in [3.63, 3.8) is 0 Å². The van der Waals surface area contributed by atoms with Crippen LogP contribution in [0.1, 0.15) is 48.0 Å². The molecule has 1 aliphatic rings. The number of rotatable bonds is 8. The number of ether oxygens (including phenoxy) is 3. The van der Waals surface area contributed by atoms with E-state index in [1.54, 1.807) is 42.5 Å². The Kier molecular flexibility index (Phi) is 8.14. The van der Waals surface area contributed by atoms with Crippen LogP contribution < -0.4 is 24.8 Å². The number of hydrogen-bond acceptors (Lipinski definition) is 5. The Morgan fingerprint density at radius 3 is 2.09 bits per heavy atom.